The highest BCUT2D eigenvalue weighted by atomic mass is 35.5. The average molecular weight is 478 g/mol. The molecule has 0 aliphatic heterocycles. The molecule has 4 rings (SSSR count). The Labute approximate surface area is 189 Å². The van der Waals surface area contributed by atoms with Crippen LogP contribution in [0.25, 0.3) is 22.6 Å². The van der Waals surface area contributed by atoms with Crippen molar-refractivity contribution in [2.75, 3.05) is 18.9 Å². The van der Waals surface area contributed by atoms with Crippen LogP contribution in [0, 0.1) is 0 Å². The molecule has 0 radical (unpaired) electrons. The van der Waals surface area contributed by atoms with Crippen molar-refractivity contribution in [3.05, 3.63) is 65.2 Å². The van der Waals surface area contributed by atoms with Gasteiger partial charge in [0.25, 0.3) is 11.8 Å². The Kier molecular flexibility index (Phi) is 5.81. The van der Waals surface area contributed by atoms with Gasteiger partial charge in [-0.15, -0.1) is 0 Å². The average Bonchev–Trinajstić information content (AvgIpc) is 3.42. The van der Waals surface area contributed by atoms with Crippen LogP contribution in [-0.4, -0.2) is 51.4 Å². The van der Waals surface area contributed by atoms with Crippen molar-refractivity contribution >= 4 is 40.3 Å². The number of carbonyl (C=O) groups excluding carboxylic acids is 2. The number of amides is 2. The number of nitrogens with one attached hydrogen (secondary N) is 2. The van der Waals surface area contributed by atoms with E-state index >= 15 is 0 Å². The molecule has 0 spiro atoms. The number of alkyl halides is 3. The second-order valence-electron chi connectivity index (χ2n) is 7.08. The summed E-state index contributed by atoms with van der Waals surface area (Å²) < 4.78 is 42.8. The molecule has 0 aliphatic carbocycles. The van der Waals surface area contributed by atoms with Crippen LogP contribution in [0.4, 0.5) is 18.9 Å². The summed E-state index contributed by atoms with van der Waals surface area (Å²) in [6, 6.07) is 9.22. The van der Waals surface area contributed by atoms with Crippen molar-refractivity contribution in [2.24, 2.45) is 0 Å². The number of benzene rings is 1. The monoisotopic (exact) mass is 477 g/mol. The smallest absolute Gasteiger partial charge is 0.406 e. The lowest BCUT2D eigenvalue weighted by atomic mass is 10.2. The molecular weight excluding hydrogens is 463 g/mol. The second-order valence-corrected chi connectivity index (χ2v) is 7.49. The molecule has 1 aromatic carbocycles. The molecule has 0 unspecified atom stereocenters. The number of fused-ring (bicyclic) bond motifs is 1. The topological polar surface area (TPSA) is 104 Å². The summed E-state index contributed by atoms with van der Waals surface area (Å²) in [4.78, 5) is 36.5. The molecule has 2 N–H and O–H groups in total. The number of halogens is 4. The molecule has 0 saturated carbocycles. The zero-order valence-electron chi connectivity index (χ0n) is 16.9. The van der Waals surface area contributed by atoms with Crippen LogP contribution in [0.2, 0.25) is 5.02 Å². The molecule has 33 heavy (non-hydrogen) atoms. The van der Waals surface area contributed by atoms with Crippen molar-refractivity contribution < 1.29 is 27.2 Å². The number of carbonyl (C=O) groups is 2. The van der Waals surface area contributed by atoms with Gasteiger partial charge in [-0.05, 0) is 36.4 Å². The van der Waals surface area contributed by atoms with Gasteiger partial charge in [-0.3, -0.25) is 9.59 Å². The number of anilines is 1. The molecule has 170 valence electrons. The largest absolute Gasteiger partial charge is 0.459 e. The van der Waals surface area contributed by atoms with E-state index in [1.54, 1.807) is 24.3 Å². The van der Waals surface area contributed by atoms with Crippen LogP contribution in [0.5, 0.6) is 0 Å². The predicted molar refractivity (Wildman–Crippen MR) is 114 cm³/mol. The van der Waals surface area contributed by atoms with E-state index in [9.17, 15) is 22.8 Å². The summed E-state index contributed by atoms with van der Waals surface area (Å²) in [5.74, 6) is -0.860. The third-order valence-corrected chi connectivity index (χ3v) is 4.90. The lowest BCUT2D eigenvalue weighted by molar-refractivity contribution is -0.138. The van der Waals surface area contributed by atoms with E-state index in [2.05, 4.69) is 20.3 Å². The molecule has 0 aliphatic rings. The summed E-state index contributed by atoms with van der Waals surface area (Å²) in [6.45, 7) is -1.38. The summed E-state index contributed by atoms with van der Waals surface area (Å²) in [7, 11) is 1.06. The van der Waals surface area contributed by atoms with E-state index in [4.69, 9.17) is 16.0 Å². The Hall–Kier alpha value is -3.86. The highest BCUT2D eigenvalue weighted by molar-refractivity contribution is 6.33. The Balaban J connectivity index is 1.61. The van der Waals surface area contributed by atoms with Crippen LogP contribution in [0.3, 0.4) is 0 Å². The van der Waals surface area contributed by atoms with E-state index in [0.717, 1.165) is 13.2 Å². The van der Waals surface area contributed by atoms with Gasteiger partial charge in [0.05, 0.1) is 22.4 Å². The molecule has 0 fully saturated rings. The normalized spacial score (nSPS) is 11.5. The Morgan fingerprint density at radius 3 is 2.73 bits per heavy atom. The molecule has 3 aromatic heterocycles. The Morgan fingerprint density at radius 1 is 1.24 bits per heavy atom. The fraction of sp³-hybridized carbons (Fsp3) is 0.143. The van der Waals surface area contributed by atoms with Gasteiger partial charge >= 0.3 is 6.18 Å². The number of hydrogen-bond donors (Lipinski definition) is 2. The van der Waals surface area contributed by atoms with Gasteiger partial charge in [-0.1, -0.05) is 11.6 Å². The van der Waals surface area contributed by atoms with E-state index in [1.165, 1.54) is 18.4 Å². The first-order valence-electron chi connectivity index (χ1n) is 9.43. The first kappa shape index (κ1) is 22.3. The highest BCUT2D eigenvalue weighted by Gasteiger charge is 2.31. The molecule has 0 atom stereocenters. The first-order valence-corrected chi connectivity index (χ1v) is 9.81. The SMILES string of the molecule is CN(CC(F)(F)F)C(=O)c1cnc2nc(-c3cc(NC(=O)c4ccco4)ccc3Cl)[nH]c2c1. The van der Waals surface area contributed by atoms with Crippen molar-refractivity contribution in [2.45, 2.75) is 6.18 Å². The van der Waals surface area contributed by atoms with E-state index in [-0.39, 0.29) is 17.0 Å². The van der Waals surface area contributed by atoms with E-state index < -0.39 is 24.5 Å². The summed E-state index contributed by atoms with van der Waals surface area (Å²) in [6.07, 6.45) is -1.98. The first-order chi connectivity index (χ1) is 15.6. The maximum atomic E-state index is 12.6. The summed E-state index contributed by atoms with van der Waals surface area (Å²) in [5.41, 5.74) is 1.40. The third kappa shape index (κ3) is 4.98. The minimum atomic E-state index is -4.52. The fourth-order valence-electron chi connectivity index (χ4n) is 3.09. The lowest BCUT2D eigenvalue weighted by Crippen LogP contribution is -2.35. The minimum absolute atomic E-state index is 0.0324. The molecule has 0 saturated heterocycles. The second kappa shape index (κ2) is 8.58. The van der Waals surface area contributed by atoms with Crippen molar-refractivity contribution in [1.82, 2.24) is 19.9 Å². The molecule has 3 heterocycles. The molecule has 0 bridgehead atoms. The van der Waals surface area contributed by atoms with Gasteiger partial charge in [0.1, 0.15) is 12.4 Å². The van der Waals surface area contributed by atoms with Crippen molar-refractivity contribution in [1.29, 1.82) is 0 Å². The summed E-state index contributed by atoms with van der Waals surface area (Å²) in [5, 5.41) is 3.01. The van der Waals surface area contributed by atoms with Gasteiger partial charge in [0.15, 0.2) is 11.4 Å². The molecule has 2 amide bonds. The Morgan fingerprint density at radius 2 is 2.03 bits per heavy atom. The van der Waals surface area contributed by atoms with Crippen molar-refractivity contribution in [3.8, 4) is 11.4 Å². The van der Waals surface area contributed by atoms with Crippen LogP contribution in [0.15, 0.2) is 53.3 Å². The maximum Gasteiger partial charge on any atom is 0.406 e. The lowest BCUT2D eigenvalue weighted by Gasteiger charge is -2.18. The number of nitrogens with zero attached hydrogens (tertiary/aromatic N) is 3. The number of rotatable bonds is 5. The van der Waals surface area contributed by atoms with Gasteiger partial charge in [-0.2, -0.15) is 13.2 Å². The highest BCUT2D eigenvalue weighted by Crippen LogP contribution is 2.30. The zero-order chi connectivity index (χ0) is 23.8. The van der Waals surface area contributed by atoms with E-state index in [0.29, 0.717) is 32.5 Å². The number of aromatic amines is 1. The zero-order valence-corrected chi connectivity index (χ0v) is 17.7. The number of pyridine rings is 1. The van der Waals surface area contributed by atoms with Crippen LogP contribution in [0.1, 0.15) is 20.9 Å². The Bertz CT molecular complexity index is 1330. The number of hydrogen-bond acceptors (Lipinski definition) is 5. The number of H-pyrrole nitrogens is 1. The number of furan rings is 1. The molecular formula is C21H15ClF3N5O3. The minimum Gasteiger partial charge on any atom is -0.459 e. The molecule has 8 nitrogen and oxygen atoms in total. The maximum absolute atomic E-state index is 12.6. The van der Waals surface area contributed by atoms with Gasteiger partial charge < -0.3 is 19.6 Å². The van der Waals surface area contributed by atoms with Gasteiger partial charge in [0.2, 0.25) is 0 Å². The van der Waals surface area contributed by atoms with E-state index in [1.807, 2.05) is 0 Å². The van der Waals surface area contributed by atoms with Crippen LogP contribution >= 0.6 is 11.6 Å². The van der Waals surface area contributed by atoms with Crippen molar-refractivity contribution in [3.63, 3.8) is 0 Å². The number of imidazole rings is 1. The third-order valence-electron chi connectivity index (χ3n) is 4.57. The summed E-state index contributed by atoms with van der Waals surface area (Å²) >= 11 is 6.30. The van der Waals surface area contributed by atoms with Crippen LogP contribution < -0.4 is 5.32 Å². The standard InChI is InChI=1S/C21H15ClF3N5O3/c1-30(10-21(23,24)25)20(32)11-7-15-18(26-9-11)29-17(28-15)13-8-12(4-5-14(13)22)27-19(31)16-3-2-6-33-16/h2-9H,10H2,1H3,(H,27,31)(H,26,28,29). The number of aromatic nitrogens is 3. The predicted octanol–water partition coefficient (Wildman–Crippen LogP) is 4.76. The fourth-order valence-corrected chi connectivity index (χ4v) is 3.30. The van der Waals surface area contributed by atoms with Gasteiger partial charge in [-0.25, -0.2) is 9.97 Å². The van der Waals surface area contributed by atoms with Crippen LogP contribution in [-0.2, 0) is 0 Å². The molecule has 4 aromatic rings. The molecule has 12 heteroatoms. The quantitative estimate of drug-likeness (QED) is 0.431. The van der Waals surface area contributed by atoms with Gasteiger partial charge in [0, 0.05) is 24.5 Å².